The SMILES string of the molecule is C=CCc1c(OCCCC(C)(C)CNC(=O)c2ccc(NN)nc2)ccc2c1CCCC2=NN. The average Bonchev–Trinajstić information content (AvgIpc) is 2.86. The highest BCUT2D eigenvalue weighted by Gasteiger charge is 2.22. The molecule has 34 heavy (non-hydrogen) atoms. The first kappa shape index (κ1) is 25.2. The number of allylic oxidation sites excluding steroid dienone is 1. The number of nitrogens with one attached hydrogen (secondary N) is 2. The predicted molar refractivity (Wildman–Crippen MR) is 137 cm³/mol. The zero-order chi connectivity index (χ0) is 24.6. The number of nitrogen functional groups attached to an aromatic ring is 1. The molecule has 1 heterocycles. The number of hydrogen-bond acceptors (Lipinski definition) is 7. The maximum absolute atomic E-state index is 12.4. The molecule has 1 aliphatic rings. The average molecular weight is 465 g/mol. The summed E-state index contributed by atoms with van der Waals surface area (Å²) in [5.74, 6) is 12.2. The number of anilines is 1. The van der Waals surface area contributed by atoms with Crippen LogP contribution in [0.3, 0.4) is 0 Å². The molecule has 8 heteroatoms. The second kappa shape index (κ2) is 11.7. The van der Waals surface area contributed by atoms with Crippen molar-refractivity contribution in [2.24, 2.45) is 22.2 Å². The minimum Gasteiger partial charge on any atom is -0.493 e. The van der Waals surface area contributed by atoms with Gasteiger partial charge in [0.05, 0.1) is 17.9 Å². The first-order valence-corrected chi connectivity index (χ1v) is 11.7. The molecule has 3 rings (SSSR count). The molecule has 8 nitrogen and oxygen atoms in total. The van der Waals surface area contributed by atoms with Crippen LogP contribution in [0.5, 0.6) is 5.75 Å². The molecule has 2 aromatic rings. The summed E-state index contributed by atoms with van der Waals surface area (Å²) in [5.41, 5.74) is 7.44. The Bertz CT molecular complexity index is 1030. The number of hydrazone groups is 1. The number of aromatic nitrogens is 1. The Morgan fingerprint density at radius 1 is 1.29 bits per heavy atom. The molecule has 6 N–H and O–H groups in total. The highest BCUT2D eigenvalue weighted by atomic mass is 16.5. The van der Waals surface area contributed by atoms with Crippen molar-refractivity contribution in [1.82, 2.24) is 10.3 Å². The summed E-state index contributed by atoms with van der Waals surface area (Å²) in [6.45, 7) is 9.37. The van der Waals surface area contributed by atoms with Gasteiger partial charge < -0.3 is 21.3 Å². The van der Waals surface area contributed by atoms with Gasteiger partial charge in [0.15, 0.2) is 0 Å². The van der Waals surface area contributed by atoms with Gasteiger partial charge in [-0.15, -0.1) is 6.58 Å². The van der Waals surface area contributed by atoms with Crippen LogP contribution in [0.25, 0.3) is 0 Å². The van der Waals surface area contributed by atoms with E-state index in [0.717, 1.165) is 55.5 Å². The zero-order valence-electron chi connectivity index (χ0n) is 20.2. The van der Waals surface area contributed by atoms with E-state index in [9.17, 15) is 4.79 Å². The van der Waals surface area contributed by atoms with Gasteiger partial charge in [-0.2, -0.15) is 5.10 Å². The number of nitrogens with two attached hydrogens (primary N) is 2. The third kappa shape index (κ3) is 6.35. The summed E-state index contributed by atoms with van der Waals surface area (Å²) in [7, 11) is 0. The van der Waals surface area contributed by atoms with E-state index in [-0.39, 0.29) is 11.3 Å². The van der Waals surface area contributed by atoms with Crippen LogP contribution in [0.1, 0.15) is 66.6 Å². The number of ether oxygens (including phenoxy) is 1. The van der Waals surface area contributed by atoms with Crippen molar-refractivity contribution in [2.75, 3.05) is 18.6 Å². The fraction of sp³-hybridized carbons (Fsp3) is 0.423. The van der Waals surface area contributed by atoms with E-state index in [1.54, 1.807) is 12.1 Å². The Labute approximate surface area is 201 Å². The first-order chi connectivity index (χ1) is 16.4. The summed E-state index contributed by atoms with van der Waals surface area (Å²) in [6.07, 6.45) is 8.92. The lowest BCUT2D eigenvalue weighted by molar-refractivity contribution is 0.0933. The Hall–Kier alpha value is -3.39. The molecule has 0 aliphatic heterocycles. The van der Waals surface area contributed by atoms with Crippen molar-refractivity contribution >= 4 is 17.4 Å². The molecule has 1 aromatic heterocycles. The highest BCUT2D eigenvalue weighted by Crippen LogP contribution is 2.32. The molecule has 0 unspecified atom stereocenters. The van der Waals surface area contributed by atoms with Gasteiger partial charge in [0.25, 0.3) is 5.91 Å². The lowest BCUT2D eigenvalue weighted by Crippen LogP contribution is -2.34. The minimum atomic E-state index is -0.149. The molecule has 0 saturated heterocycles. The summed E-state index contributed by atoms with van der Waals surface area (Å²) in [4.78, 5) is 16.5. The van der Waals surface area contributed by atoms with E-state index in [1.165, 1.54) is 17.3 Å². The van der Waals surface area contributed by atoms with Crippen LogP contribution >= 0.6 is 0 Å². The van der Waals surface area contributed by atoms with Crippen molar-refractivity contribution in [2.45, 2.75) is 52.4 Å². The van der Waals surface area contributed by atoms with Gasteiger partial charge in [0, 0.05) is 23.9 Å². The molecule has 1 amide bonds. The first-order valence-electron chi connectivity index (χ1n) is 11.7. The fourth-order valence-corrected chi connectivity index (χ4v) is 4.29. The maximum Gasteiger partial charge on any atom is 0.252 e. The Balaban J connectivity index is 1.52. The topological polar surface area (TPSA) is 128 Å². The fourth-order valence-electron chi connectivity index (χ4n) is 4.29. The number of pyridine rings is 1. The molecule has 0 radical (unpaired) electrons. The van der Waals surface area contributed by atoms with E-state index in [2.05, 4.69) is 47.3 Å². The van der Waals surface area contributed by atoms with E-state index in [1.807, 2.05) is 12.1 Å². The highest BCUT2D eigenvalue weighted by molar-refractivity contribution is 6.03. The van der Waals surface area contributed by atoms with Crippen LogP contribution in [-0.2, 0) is 12.8 Å². The summed E-state index contributed by atoms with van der Waals surface area (Å²) in [6, 6.07) is 7.47. The number of amides is 1. The van der Waals surface area contributed by atoms with Crippen molar-refractivity contribution < 1.29 is 9.53 Å². The Kier molecular flexibility index (Phi) is 8.65. The molecular formula is C26H36N6O2. The van der Waals surface area contributed by atoms with E-state index < -0.39 is 0 Å². The van der Waals surface area contributed by atoms with Crippen molar-refractivity contribution in [1.29, 1.82) is 0 Å². The summed E-state index contributed by atoms with van der Waals surface area (Å²) >= 11 is 0. The molecule has 0 fully saturated rings. The van der Waals surface area contributed by atoms with Crippen molar-refractivity contribution in [3.05, 3.63) is 65.4 Å². The number of hydrogen-bond donors (Lipinski definition) is 4. The van der Waals surface area contributed by atoms with Crippen LogP contribution < -0.4 is 27.2 Å². The Morgan fingerprint density at radius 3 is 2.79 bits per heavy atom. The number of fused-ring (bicyclic) bond motifs is 1. The second-order valence-electron chi connectivity index (χ2n) is 9.37. The number of nitrogens with zero attached hydrogens (tertiary/aromatic N) is 2. The van der Waals surface area contributed by atoms with Crippen LogP contribution in [0.15, 0.2) is 48.2 Å². The van der Waals surface area contributed by atoms with Crippen LogP contribution in [0.2, 0.25) is 0 Å². The van der Waals surface area contributed by atoms with E-state index >= 15 is 0 Å². The van der Waals surface area contributed by atoms with Gasteiger partial charge in [-0.1, -0.05) is 19.9 Å². The summed E-state index contributed by atoms with van der Waals surface area (Å²) < 4.78 is 6.21. The zero-order valence-corrected chi connectivity index (χ0v) is 20.2. The standard InChI is InChI=1S/C26H36N6O2/c1-4-7-21-19-8-5-9-22(31-27)20(19)11-12-23(21)34-15-6-14-26(2,3)17-30-25(33)18-10-13-24(32-28)29-16-18/h4,10-13,16H,1,5-9,14-15,17,27-28H2,2-3H3,(H,29,32)(H,30,33). The second-order valence-corrected chi connectivity index (χ2v) is 9.37. The predicted octanol–water partition coefficient (Wildman–Crippen LogP) is 3.71. The molecule has 0 atom stereocenters. The number of hydrazine groups is 1. The van der Waals surface area contributed by atoms with Gasteiger partial charge in [0.2, 0.25) is 0 Å². The number of rotatable bonds is 11. The van der Waals surface area contributed by atoms with Gasteiger partial charge in [-0.25, -0.2) is 10.8 Å². The van der Waals surface area contributed by atoms with Crippen molar-refractivity contribution in [3.8, 4) is 5.75 Å². The maximum atomic E-state index is 12.4. The molecule has 0 saturated carbocycles. The van der Waals surface area contributed by atoms with Crippen LogP contribution in [-0.4, -0.2) is 29.8 Å². The molecule has 1 aliphatic carbocycles. The number of benzene rings is 1. The molecule has 0 spiro atoms. The molecular weight excluding hydrogens is 428 g/mol. The lowest BCUT2D eigenvalue weighted by Gasteiger charge is -2.26. The van der Waals surface area contributed by atoms with Gasteiger partial charge >= 0.3 is 0 Å². The Morgan fingerprint density at radius 2 is 2.12 bits per heavy atom. The largest absolute Gasteiger partial charge is 0.493 e. The van der Waals surface area contributed by atoms with Gasteiger partial charge in [0.1, 0.15) is 11.6 Å². The van der Waals surface area contributed by atoms with E-state index in [4.69, 9.17) is 16.4 Å². The third-order valence-electron chi connectivity index (χ3n) is 6.20. The normalized spacial score (nSPS) is 14.4. The minimum absolute atomic E-state index is 0.0719. The molecule has 0 bridgehead atoms. The monoisotopic (exact) mass is 464 g/mol. The lowest BCUT2D eigenvalue weighted by atomic mass is 9.85. The quantitative estimate of drug-likeness (QED) is 0.174. The van der Waals surface area contributed by atoms with Gasteiger partial charge in [-0.3, -0.25) is 4.79 Å². The number of carbonyl (C=O) groups is 1. The van der Waals surface area contributed by atoms with Crippen LogP contribution in [0, 0.1) is 5.41 Å². The van der Waals surface area contributed by atoms with Crippen LogP contribution in [0.4, 0.5) is 5.82 Å². The summed E-state index contributed by atoms with van der Waals surface area (Å²) in [5, 5.41) is 6.99. The number of carbonyl (C=O) groups excluding carboxylic acids is 1. The van der Waals surface area contributed by atoms with Gasteiger partial charge in [-0.05, 0) is 73.8 Å². The molecule has 182 valence electrons. The smallest absolute Gasteiger partial charge is 0.252 e. The third-order valence-corrected chi connectivity index (χ3v) is 6.20. The van der Waals surface area contributed by atoms with Crippen molar-refractivity contribution in [3.63, 3.8) is 0 Å². The molecule has 1 aromatic carbocycles. The van der Waals surface area contributed by atoms with E-state index in [0.29, 0.717) is 24.5 Å².